The van der Waals surface area contributed by atoms with Gasteiger partial charge in [0.25, 0.3) is 5.91 Å². The molecule has 0 aromatic heterocycles. The van der Waals surface area contributed by atoms with Crippen molar-refractivity contribution in [2.45, 2.75) is 70.0 Å². The van der Waals surface area contributed by atoms with Crippen molar-refractivity contribution in [3.05, 3.63) is 0 Å². The van der Waals surface area contributed by atoms with E-state index in [4.69, 9.17) is 0 Å². The average Bonchev–Trinajstić information content (AvgIpc) is 3.14. The summed E-state index contributed by atoms with van der Waals surface area (Å²) < 4.78 is 0. The van der Waals surface area contributed by atoms with Crippen molar-refractivity contribution in [3.63, 3.8) is 0 Å². The van der Waals surface area contributed by atoms with E-state index >= 15 is 0 Å². The van der Waals surface area contributed by atoms with Gasteiger partial charge in [0.2, 0.25) is 11.8 Å². The van der Waals surface area contributed by atoms with Gasteiger partial charge in [-0.25, -0.2) is 4.99 Å². The van der Waals surface area contributed by atoms with Crippen LogP contribution in [0.2, 0.25) is 0 Å². The second-order valence-electron chi connectivity index (χ2n) is 7.08. The number of amides is 3. The Morgan fingerprint density at radius 1 is 1.12 bits per heavy atom. The average molecular weight is 350 g/mol. The van der Waals surface area contributed by atoms with Crippen LogP contribution in [0.3, 0.4) is 0 Å². The van der Waals surface area contributed by atoms with Gasteiger partial charge in [0.1, 0.15) is 12.1 Å². The molecule has 7 nitrogen and oxygen atoms in total. The molecule has 1 saturated carbocycles. The molecule has 3 amide bonds. The maximum atomic E-state index is 13.2. The number of nitrogens with zero attached hydrogens (tertiary/aromatic N) is 2. The Labute approximate surface area is 149 Å². The largest absolute Gasteiger partial charge is 0.343 e. The van der Waals surface area contributed by atoms with E-state index in [1.54, 1.807) is 18.9 Å². The van der Waals surface area contributed by atoms with Crippen molar-refractivity contribution in [2.24, 2.45) is 10.9 Å². The zero-order valence-corrected chi connectivity index (χ0v) is 15.3. The van der Waals surface area contributed by atoms with Crippen molar-refractivity contribution in [1.29, 1.82) is 0 Å². The molecular formula is C18H30N4O3. The molecule has 2 aliphatic rings. The lowest BCUT2D eigenvalue weighted by molar-refractivity contribution is -0.142. The monoisotopic (exact) mass is 350 g/mol. The van der Waals surface area contributed by atoms with E-state index in [0.29, 0.717) is 13.0 Å². The van der Waals surface area contributed by atoms with Gasteiger partial charge < -0.3 is 15.5 Å². The summed E-state index contributed by atoms with van der Waals surface area (Å²) in [5, 5.41) is 5.84. The molecule has 1 aliphatic carbocycles. The van der Waals surface area contributed by atoms with Gasteiger partial charge in [-0.1, -0.05) is 19.3 Å². The topological polar surface area (TPSA) is 90.9 Å². The SMILES string of the molecule is C=NC(=O)C1CCCN1C(=O)C(NC(=O)C(C)NC)C1CCCCC1. The minimum atomic E-state index is -0.568. The van der Waals surface area contributed by atoms with Gasteiger partial charge in [0.15, 0.2) is 0 Å². The molecule has 2 N–H and O–H groups in total. The van der Waals surface area contributed by atoms with Crippen LogP contribution in [-0.2, 0) is 14.4 Å². The van der Waals surface area contributed by atoms with E-state index < -0.39 is 12.1 Å². The normalized spacial score (nSPS) is 23.8. The lowest BCUT2D eigenvalue weighted by Gasteiger charge is -2.34. The van der Waals surface area contributed by atoms with Crippen LogP contribution < -0.4 is 10.6 Å². The second-order valence-corrected chi connectivity index (χ2v) is 7.08. The second kappa shape index (κ2) is 9.08. The number of likely N-dealkylation sites (N-methyl/N-ethyl adjacent to an activating group) is 1. The Balaban J connectivity index is 2.17. The zero-order valence-electron chi connectivity index (χ0n) is 15.3. The molecule has 0 aromatic rings. The smallest absolute Gasteiger partial charge is 0.267 e. The first-order chi connectivity index (χ1) is 12.0. The van der Waals surface area contributed by atoms with Gasteiger partial charge in [-0.15, -0.1) is 0 Å². The minimum Gasteiger partial charge on any atom is -0.343 e. The highest BCUT2D eigenvalue weighted by atomic mass is 16.2. The number of hydrogen-bond acceptors (Lipinski definition) is 4. The van der Waals surface area contributed by atoms with Crippen LogP contribution in [0, 0.1) is 5.92 Å². The first kappa shape index (κ1) is 19.6. The summed E-state index contributed by atoms with van der Waals surface area (Å²) in [6.45, 7) is 5.60. The van der Waals surface area contributed by atoms with Crippen molar-refractivity contribution in [3.8, 4) is 0 Å². The summed E-state index contributed by atoms with van der Waals surface area (Å²) in [7, 11) is 1.71. The molecule has 0 bridgehead atoms. The summed E-state index contributed by atoms with van der Waals surface area (Å²) in [4.78, 5) is 42.7. The molecule has 1 saturated heterocycles. The Hall–Kier alpha value is -1.76. The van der Waals surface area contributed by atoms with Crippen LogP contribution in [0.1, 0.15) is 51.9 Å². The van der Waals surface area contributed by atoms with E-state index in [0.717, 1.165) is 32.1 Å². The zero-order chi connectivity index (χ0) is 18.4. The molecule has 0 spiro atoms. The molecule has 1 heterocycles. The van der Waals surface area contributed by atoms with Gasteiger partial charge in [-0.3, -0.25) is 14.4 Å². The molecule has 3 atom stereocenters. The number of carbonyl (C=O) groups excluding carboxylic acids is 3. The van der Waals surface area contributed by atoms with Crippen LogP contribution in [0.5, 0.6) is 0 Å². The van der Waals surface area contributed by atoms with E-state index in [9.17, 15) is 14.4 Å². The predicted molar refractivity (Wildman–Crippen MR) is 96.3 cm³/mol. The fourth-order valence-corrected chi connectivity index (χ4v) is 3.83. The number of hydrogen-bond donors (Lipinski definition) is 2. The van der Waals surface area contributed by atoms with E-state index in [-0.39, 0.29) is 29.7 Å². The van der Waals surface area contributed by atoms with E-state index in [2.05, 4.69) is 22.3 Å². The number of rotatable bonds is 6. The molecule has 0 aromatic carbocycles. The highest BCUT2D eigenvalue weighted by Crippen LogP contribution is 2.29. The van der Waals surface area contributed by atoms with Crippen LogP contribution in [-0.4, -0.2) is 61.1 Å². The predicted octanol–water partition coefficient (Wildman–Crippen LogP) is 0.878. The van der Waals surface area contributed by atoms with Gasteiger partial charge >= 0.3 is 0 Å². The Bertz CT molecular complexity index is 516. The quantitative estimate of drug-likeness (QED) is 0.696. The van der Waals surface area contributed by atoms with Crippen molar-refractivity contribution >= 4 is 24.4 Å². The molecule has 25 heavy (non-hydrogen) atoms. The molecular weight excluding hydrogens is 320 g/mol. The maximum Gasteiger partial charge on any atom is 0.267 e. The summed E-state index contributed by atoms with van der Waals surface area (Å²) in [6, 6.07) is -1.47. The molecule has 3 unspecified atom stereocenters. The fourth-order valence-electron chi connectivity index (χ4n) is 3.83. The molecule has 1 aliphatic heterocycles. The lowest BCUT2D eigenvalue weighted by Crippen LogP contribution is -2.57. The van der Waals surface area contributed by atoms with Crippen LogP contribution in [0.4, 0.5) is 0 Å². The van der Waals surface area contributed by atoms with Crippen LogP contribution in [0.25, 0.3) is 0 Å². The van der Waals surface area contributed by atoms with Crippen LogP contribution >= 0.6 is 0 Å². The highest BCUT2D eigenvalue weighted by molar-refractivity contribution is 5.94. The van der Waals surface area contributed by atoms with Gasteiger partial charge in [0, 0.05) is 6.54 Å². The summed E-state index contributed by atoms with van der Waals surface area (Å²) in [5.74, 6) is -0.566. The van der Waals surface area contributed by atoms with E-state index in [1.165, 1.54) is 6.42 Å². The molecule has 2 fully saturated rings. The van der Waals surface area contributed by atoms with Crippen molar-refractivity contribution in [1.82, 2.24) is 15.5 Å². The standard InChI is InChI=1S/C18H30N4O3/c1-12(19-2)16(23)21-15(13-8-5-4-6-9-13)18(25)22-11-7-10-14(22)17(24)20-3/h12-15,19H,3-11H2,1-2H3,(H,21,23). The van der Waals surface area contributed by atoms with Gasteiger partial charge in [0.05, 0.1) is 6.04 Å². The summed E-state index contributed by atoms with van der Waals surface area (Å²) >= 11 is 0. The first-order valence-electron chi connectivity index (χ1n) is 9.28. The van der Waals surface area contributed by atoms with Gasteiger partial charge in [-0.05, 0) is 52.3 Å². The molecule has 140 valence electrons. The number of aliphatic imine (C=N–C) groups is 1. The van der Waals surface area contributed by atoms with Crippen LogP contribution in [0.15, 0.2) is 4.99 Å². The lowest BCUT2D eigenvalue weighted by atomic mass is 9.83. The van der Waals surface area contributed by atoms with E-state index in [1.807, 2.05) is 0 Å². The number of nitrogens with one attached hydrogen (secondary N) is 2. The third-order valence-electron chi connectivity index (χ3n) is 5.49. The van der Waals surface area contributed by atoms with Crippen molar-refractivity contribution in [2.75, 3.05) is 13.6 Å². The third-order valence-corrected chi connectivity index (χ3v) is 5.49. The molecule has 0 radical (unpaired) electrons. The number of likely N-dealkylation sites (tertiary alicyclic amines) is 1. The fraction of sp³-hybridized carbons (Fsp3) is 0.778. The minimum absolute atomic E-state index is 0.127. The first-order valence-corrected chi connectivity index (χ1v) is 9.28. The summed E-state index contributed by atoms with van der Waals surface area (Å²) in [5.41, 5.74) is 0. The van der Waals surface area contributed by atoms with Crippen molar-refractivity contribution < 1.29 is 14.4 Å². The Morgan fingerprint density at radius 2 is 1.80 bits per heavy atom. The molecule has 7 heteroatoms. The summed E-state index contributed by atoms with van der Waals surface area (Å²) in [6.07, 6.45) is 6.56. The maximum absolute atomic E-state index is 13.2. The van der Waals surface area contributed by atoms with Gasteiger partial charge in [-0.2, -0.15) is 0 Å². The Kier molecular flexibility index (Phi) is 7.11. The molecule has 2 rings (SSSR count). The highest BCUT2D eigenvalue weighted by Gasteiger charge is 2.40. The third kappa shape index (κ3) is 4.66. The number of carbonyl (C=O) groups is 3. The Morgan fingerprint density at radius 3 is 2.40 bits per heavy atom.